The van der Waals surface area contributed by atoms with Crippen LogP contribution >= 0.6 is 0 Å². The van der Waals surface area contributed by atoms with Gasteiger partial charge in [-0.3, -0.25) is 9.59 Å². The van der Waals surface area contributed by atoms with Crippen LogP contribution in [0, 0.1) is 17.8 Å². The van der Waals surface area contributed by atoms with E-state index in [1.807, 2.05) is 0 Å². The van der Waals surface area contributed by atoms with Gasteiger partial charge in [0.1, 0.15) is 22.8 Å². The molecule has 2 aliphatic heterocycles. The Bertz CT molecular complexity index is 1320. The van der Waals surface area contributed by atoms with Crippen LogP contribution < -0.4 is 9.47 Å². The Hall–Kier alpha value is -3.60. The largest absolute Gasteiger partial charge is 0.508 e. The van der Waals surface area contributed by atoms with Gasteiger partial charge in [0.15, 0.2) is 29.5 Å². The van der Waals surface area contributed by atoms with Gasteiger partial charge in [0.2, 0.25) is 11.6 Å². The molecule has 5 unspecified atom stereocenters. The number of rotatable bonds is 3. The number of aliphatic hydroxyl groups is 2. The number of carbonyl (C=O) groups excluding carboxylic acids is 2. The van der Waals surface area contributed by atoms with Crippen molar-refractivity contribution in [2.45, 2.75) is 23.9 Å². The van der Waals surface area contributed by atoms with Crippen LogP contribution in [0.25, 0.3) is 0 Å². The Morgan fingerprint density at radius 3 is 2.60 bits per heavy atom. The number of hydrogen-bond donors (Lipinski definition) is 5. The van der Waals surface area contributed by atoms with Crippen molar-refractivity contribution < 1.29 is 49.3 Å². The van der Waals surface area contributed by atoms with E-state index in [1.165, 1.54) is 13.2 Å². The highest BCUT2D eigenvalue weighted by atomic mass is 16.6. The maximum atomic E-state index is 13.3. The lowest BCUT2D eigenvalue weighted by molar-refractivity contribution is -0.206. The first-order valence-corrected chi connectivity index (χ1v) is 11.1. The molecule has 0 spiro atoms. The molecule has 3 aliphatic carbocycles. The molecule has 0 aromatic heterocycles. The molecule has 10 nitrogen and oxygen atoms in total. The van der Waals surface area contributed by atoms with Crippen LogP contribution in [0.2, 0.25) is 0 Å². The number of ketones is 2. The van der Waals surface area contributed by atoms with E-state index in [-0.39, 0.29) is 35.2 Å². The van der Waals surface area contributed by atoms with Gasteiger partial charge in [0.25, 0.3) is 0 Å². The van der Waals surface area contributed by atoms with Gasteiger partial charge in [-0.1, -0.05) is 12.1 Å². The van der Waals surface area contributed by atoms with Crippen molar-refractivity contribution in [2.24, 2.45) is 17.8 Å². The fourth-order valence-electron chi connectivity index (χ4n) is 6.16. The predicted molar refractivity (Wildman–Crippen MR) is 116 cm³/mol. The van der Waals surface area contributed by atoms with E-state index < -0.39 is 59.0 Å². The van der Waals surface area contributed by atoms with E-state index in [0.29, 0.717) is 11.1 Å². The summed E-state index contributed by atoms with van der Waals surface area (Å²) < 4.78 is 16.7. The van der Waals surface area contributed by atoms with E-state index in [4.69, 9.17) is 14.2 Å². The molecule has 182 valence electrons. The van der Waals surface area contributed by atoms with E-state index in [0.717, 1.165) is 12.1 Å². The van der Waals surface area contributed by atoms with E-state index in [9.17, 15) is 35.1 Å². The third-order valence-corrected chi connectivity index (χ3v) is 7.62. The summed E-state index contributed by atoms with van der Waals surface area (Å²) in [5.74, 6) is -6.84. The van der Waals surface area contributed by atoms with Gasteiger partial charge in [0, 0.05) is 29.9 Å². The summed E-state index contributed by atoms with van der Waals surface area (Å²) in [6, 6.07) is 6.91. The van der Waals surface area contributed by atoms with Crippen molar-refractivity contribution in [3.05, 3.63) is 53.1 Å². The second kappa shape index (κ2) is 7.20. The van der Waals surface area contributed by atoms with Crippen LogP contribution in [0.1, 0.15) is 21.8 Å². The van der Waals surface area contributed by atoms with E-state index in [2.05, 4.69) is 0 Å². The van der Waals surface area contributed by atoms with Crippen molar-refractivity contribution in [2.75, 3.05) is 13.7 Å². The van der Waals surface area contributed by atoms with Gasteiger partial charge in [-0.2, -0.15) is 0 Å². The number of phenolic OH excluding ortho intramolecular Hbond substituents is 3. The zero-order chi connectivity index (χ0) is 24.8. The average molecular weight is 482 g/mol. The number of hydrogen-bond acceptors (Lipinski definition) is 10. The van der Waals surface area contributed by atoms with Crippen LogP contribution in [0.4, 0.5) is 0 Å². The lowest BCUT2D eigenvalue weighted by Crippen LogP contribution is -2.60. The van der Waals surface area contributed by atoms with Crippen molar-refractivity contribution in [1.29, 1.82) is 0 Å². The number of Topliss-reactive ketones (excluding diaryl/α,β-unsaturated/α-hetero) is 2. The summed E-state index contributed by atoms with van der Waals surface area (Å²) in [6.45, 7) is 0.0452. The molecule has 0 radical (unpaired) electrons. The van der Waals surface area contributed by atoms with Crippen molar-refractivity contribution in [3.8, 4) is 28.7 Å². The highest BCUT2D eigenvalue weighted by Crippen LogP contribution is 2.61. The lowest BCUT2D eigenvalue weighted by atomic mass is 9.55. The normalized spacial score (nSPS) is 34.9. The summed E-state index contributed by atoms with van der Waals surface area (Å²) in [4.78, 5) is 26.2. The quantitative estimate of drug-likeness (QED) is 0.399. The monoisotopic (exact) mass is 482 g/mol. The number of ether oxygens (including phenoxy) is 3. The molecule has 4 bridgehead atoms. The number of allylic oxidation sites excluding steroid dienone is 1. The average Bonchev–Trinajstić information content (AvgIpc) is 3.14. The number of aliphatic hydroxyl groups excluding tert-OH is 1. The van der Waals surface area contributed by atoms with Gasteiger partial charge in [0.05, 0.1) is 19.6 Å². The van der Waals surface area contributed by atoms with Crippen molar-refractivity contribution >= 4 is 11.6 Å². The molecule has 5 aliphatic rings. The molecule has 7 atom stereocenters. The molecule has 7 rings (SSSR count). The van der Waals surface area contributed by atoms with Gasteiger partial charge < -0.3 is 39.7 Å². The maximum Gasteiger partial charge on any atom is 0.234 e. The fourth-order valence-corrected chi connectivity index (χ4v) is 6.16. The van der Waals surface area contributed by atoms with Gasteiger partial charge in [-0.25, -0.2) is 0 Å². The first kappa shape index (κ1) is 21.9. The van der Waals surface area contributed by atoms with E-state index >= 15 is 0 Å². The Kier molecular flexibility index (Phi) is 4.51. The number of carbonyl (C=O) groups is 2. The summed E-state index contributed by atoms with van der Waals surface area (Å²) >= 11 is 0. The zero-order valence-corrected chi connectivity index (χ0v) is 18.4. The summed E-state index contributed by atoms with van der Waals surface area (Å²) in [5.41, 5.74) is 0.796. The summed E-state index contributed by atoms with van der Waals surface area (Å²) in [5, 5.41) is 52.0. The van der Waals surface area contributed by atoms with Crippen molar-refractivity contribution in [3.63, 3.8) is 0 Å². The molecule has 1 saturated heterocycles. The number of phenols is 3. The fraction of sp³-hybridized carbons (Fsp3) is 0.360. The van der Waals surface area contributed by atoms with Gasteiger partial charge >= 0.3 is 0 Å². The smallest absolute Gasteiger partial charge is 0.234 e. The Morgan fingerprint density at radius 2 is 1.86 bits per heavy atom. The molecule has 1 saturated carbocycles. The SMILES string of the molecule is COc1cc(C2C3C=C([C@H]4Oc5cc(O)cc(O)c5C(=O)[C@@H]4O)C4C2COC4(O)C3=O)ccc1O. The number of fused-ring (bicyclic) bond motifs is 1. The maximum absolute atomic E-state index is 13.3. The van der Waals surface area contributed by atoms with Crippen LogP contribution in [0.3, 0.4) is 0 Å². The molecular formula is C25H22O10. The molecule has 5 N–H and O–H groups in total. The molecule has 2 heterocycles. The highest BCUT2D eigenvalue weighted by molar-refractivity contribution is 6.06. The summed E-state index contributed by atoms with van der Waals surface area (Å²) in [6.07, 6.45) is -1.37. The molecule has 2 aromatic carbocycles. The predicted octanol–water partition coefficient (Wildman–Crippen LogP) is 0.990. The minimum absolute atomic E-state index is 0.0452. The number of benzene rings is 2. The Balaban J connectivity index is 1.46. The van der Waals surface area contributed by atoms with Crippen molar-refractivity contribution in [1.82, 2.24) is 0 Å². The zero-order valence-electron chi connectivity index (χ0n) is 18.4. The molecule has 35 heavy (non-hydrogen) atoms. The second-order valence-electron chi connectivity index (χ2n) is 9.35. The third-order valence-electron chi connectivity index (χ3n) is 7.62. The molecule has 10 heteroatoms. The number of aromatic hydroxyl groups is 3. The topological polar surface area (TPSA) is 163 Å². The molecule has 0 amide bonds. The van der Waals surface area contributed by atoms with Crippen LogP contribution in [-0.4, -0.2) is 68.8 Å². The minimum atomic E-state index is -2.13. The van der Waals surface area contributed by atoms with Crippen LogP contribution in [-0.2, 0) is 9.53 Å². The number of methoxy groups -OCH3 is 1. The van der Waals surface area contributed by atoms with Gasteiger partial charge in [-0.05, 0) is 23.3 Å². The molecule has 2 fully saturated rings. The Labute approximate surface area is 198 Å². The van der Waals surface area contributed by atoms with Crippen LogP contribution in [0.5, 0.6) is 28.7 Å². The van der Waals surface area contributed by atoms with Crippen LogP contribution in [0.15, 0.2) is 42.0 Å². The van der Waals surface area contributed by atoms with Gasteiger partial charge in [-0.15, -0.1) is 0 Å². The van der Waals surface area contributed by atoms with E-state index in [1.54, 1.807) is 18.2 Å². The first-order valence-electron chi connectivity index (χ1n) is 11.1. The summed E-state index contributed by atoms with van der Waals surface area (Å²) in [7, 11) is 1.42. The Morgan fingerprint density at radius 1 is 1.09 bits per heavy atom. The molecular weight excluding hydrogens is 460 g/mol. The minimum Gasteiger partial charge on any atom is -0.508 e. The second-order valence-corrected chi connectivity index (χ2v) is 9.35. The standard InChI is InChI=1S/C25H22O10/c1-33-16-4-9(2-3-14(16)27)18-11-7-12(20-13(18)8-34-25(20,32)24(11)31)23-22(30)21(29)19-15(28)5-10(26)6-17(19)35-23/h2-7,11,13,18,20,22-23,26-28,30,32H,8H2,1H3/t11?,13?,18?,20?,22-,23+,25?/m0/s1. The first-order chi connectivity index (χ1) is 16.7. The lowest BCUT2D eigenvalue weighted by Gasteiger charge is -2.50. The third kappa shape index (κ3) is 2.81. The highest BCUT2D eigenvalue weighted by Gasteiger charge is 2.69. The molecule has 2 aromatic rings.